The van der Waals surface area contributed by atoms with Gasteiger partial charge in [-0.25, -0.2) is 4.79 Å². The van der Waals surface area contributed by atoms with Crippen molar-refractivity contribution < 1.29 is 23.9 Å². The number of rotatable bonds is 6. The molecular weight excluding hydrogens is 372 g/mol. The van der Waals surface area contributed by atoms with Crippen LogP contribution in [0, 0.1) is 5.92 Å². The number of Topliss-reactive ketones (excluding diaryl/α,β-unsaturated/α-hetero) is 1. The fourth-order valence-corrected chi connectivity index (χ4v) is 5.12. The molecule has 1 amide bonds. The second kappa shape index (κ2) is 9.45. The van der Waals surface area contributed by atoms with E-state index in [0.717, 1.165) is 12.8 Å². The van der Waals surface area contributed by atoms with Gasteiger partial charge in [-0.2, -0.15) is 0 Å². The molecule has 0 aromatic carbocycles. The van der Waals surface area contributed by atoms with Gasteiger partial charge in [0.1, 0.15) is 12.2 Å². The van der Waals surface area contributed by atoms with Crippen LogP contribution in [0.15, 0.2) is 0 Å². The highest BCUT2D eigenvalue weighted by atomic mass is 16.5. The highest BCUT2D eigenvalue weighted by molar-refractivity contribution is 5.96. The van der Waals surface area contributed by atoms with E-state index in [9.17, 15) is 14.4 Å². The van der Waals surface area contributed by atoms with Gasteiger partial charge in [0.15, 0.2) is 0 Å². The van der Waals surface area contributed by atoms with Crippen molar-refractivity contribution in [1.82, 2.24) is 9.80 Å². The number of esters is 1. The zero-order valence-electron chi connectivity index (χ0n) is 19.0. The van der Waals surface area contributed by atoms with Gasteiger partial charge in [-0.05, 0) is 66.7 Å². The van der Waals surface area contributed by atoms with E-state index in [2.05, 4.69) is 32.6 Å². The predicted molar refractivity (Wildman–Crippen MR) is 111 cm³/mol. The second-order valence-electron chi connectivity index (χ2n) is 9.58. The first-order valence-electron chi connectivity index (χ1n) is 10.8. The standard InChI is InChI=1S/C22H38N2O5/c1-7-29-19(26)14-18(25)16-9-12-23(20(27)28-6)17(13-16)15-24-21(2,3)10-8-11-22(24,4)5/h16-17H,7-15H2,1-6H3/t16-,17-/m1/s1. The predicted octanol–water partition coefficient (Wildman–Crippen LogP) is 3.40. The molecule has 2 fully saturated rings. The Balaban J connectivity index is 2.18. The molecule has 2 rings (SSSR count). The first-order valence-corrected chi connectivity index (χ1v) is 10.8. The lowest BCUT2D eigenvalue weighted by atomic mass is 9.78. The van der Waals surface area contributed by atoms with E-state index < -0.39 is 5.97 Å². The van der Waals surface area contributed by atoms with Crippen LogP contribution in [0.4, 0.5) is 4.79 Å². The summed E-state index contributed by atoms with van der Waals surface area (Å²) in [5.41, 5.74) is 0.0385. The van der Waals surface area contributed by atoms with E-state index in [1.165, 1.54) is 13.5 Å². The van der Waals surface area contributed by atoms with Crippen molar-refractivity contribution >= 4 is 17.8 Å². The number of hydrogen-bond acceptors (Lipinski definition) is 6. The fraction of sp³-hybridized carbons (Fsp3) is 0.864. The van der Waals surface area contributed by atoms with Crippen molar-refractivity contribution in [2.24, 2.45) is 5.92 Å². The first-order chi connectivity index (χ1) is 13.5. The molecule has 0 unspecified atom stereocenters. The van der Waals surface area contributed by atoms with Gasteiger partial charge in [0, 0.05) is 36.1 Å². The van der Waals surface area contributed by atoms with E-state index >= 15 is 0 Å². The minimum absolute atomic E-state index is 0.0193. The van der Waals surface area contributed by atoms with Crippen LogP contribution in [0.25, 0.3) is 0 Å². The Morgan fingerprint density at radius 1 is 1.07 bits per heavy atom. The summed E-state index contributed by atoms with van der Waals surface area (Å²) in [6, 6.07) is -0.121. The molecule has 7 heteroatoms. The molecule has 2 saturated heterocycles. The van der Waals surface area contributed by atoms with Crippen LogP contribution in [-0.4, -0.2) is 71.6 Å². The lowest BCUT2D eigenvalue weighted by Gasteiger charge is -2.55. The van der Waals surface area contributed by atoms with Crippen molar-refractivity contribution in [3.63, 3.8) is 0 Å². The summed E-state index contributed by atoms with van der Waals surface area (Å²) in [6.45, 7) is 12.2. The van der Waals surface area contributed by atoms with E-state index in [-0.39, 0.29) is 47.9 Å². The topological polar surface area (TPSA) is 76.2 Å². The molecule has 166 valence electrons. The van der Waals surface area contributed by atoms with E-state index in [4.69, 9.17) is 9.47 Å². The van der Waals surface area contributed by atoms with E-state index in [0.29, 0.717) is 25.9 Å². The lowest BCUT2D eigenvalue weighted by Crippen LogP contribution is -2.63. The van der Waals surface area contributed by atoms with Crippen molar-refractivity contribution in [2.75, 3.05) is 26.8 Å². The molecule has 0 N–H and O–H groups in total. The lowest BCUT2D eigenvalue weighted by molar-refractivity contribution is -0.146. The van der Waals surface area contributed by atoms with Gasteiger partial charge in [0.25, 0.3) is 0 Å². The Kier molecular flexibility index (Phi) is 7.71. The van der Waals surface area contributed by atoms with E-state index in [1.54, 1.807) is 11.8 Å². The minimum Gasteiger partial charge on any atom is -0.466 e. The fourth-order valence-electron chi connectivity index (χ4n) is 5.12. The summed E-state index contributed by atoms with van der Waals surface area (Å²) in [4.78, 5) is 41.1. The Labute approximate surface area is 175 Å². The number of amides is 1. The molecule has 7 nitrogen and oxygen atoms in total. The average molecular weight is 411 g/mol. The summed E-state index contributed by atoms with van der Waals surface area (Å²) >= 11 is 0. The highest BCUT2D eigenvalue weighted by Crippen LogP contribution is 2.39. The summed E-state index contributed by atoms with van der Waals surface area (Å²) in [6.07, 6.45) is 3.96. The van der Waals surface area contributed by atoms with Gasteiger partial charge in [0.05, 0.1) is 13.7 Å². The maximum absolute atomic E-state index is 12.7. The molecule has 0 aliphatic carbocycles. The summed E-state index contributed by atoms with van der Waals surface area (Å²) in [5.74, 6) is -0.792. The molecule has 29 heavy (non-hydrogen) atoms. The van der Waals surface area contributed by atoms with Crippen LogP contribution in [0.2, 0.25) is 0 Å². The van der Waals surface area contributed by atoms with Crippen LogP contribution >= 0.6 is 0 Å². The van der Waals surface area contributed by atoms with Gasteiger partial charge in [-0.15, -0.1) is 0 Å². The molecular formula is C22H38N2O5. The largest absolute Gasteiger partial charge is 0.466 e. The Bertz CT molecular complexity index is 600. The Morgan fingerprint density at radius 3 is 2.24 bits per heavy atom. The molecule has 2 aliphatic heterocycles. The molecule has 0 aromatic heterocycles. The molecule has 0 spiro atoms. The van der Waals surface area contributed by atoms with Crippen molar-refractivity contribution in [2.45, 2.75) is 90.3 Å². The van der Waals surface area contributed by atoms with Crippen LogP contribution in [0.3, 0.4) is 0 Å². The van der Waals surface area contributed by atoms with Crippen LogP contribution in [-0.2, 0) is 19.1 Å². The van der Waals surface area contributed by atoms with Gasteiger partial charge in [-0.3, -0.25) is 14.5 Å². The quantitative estimate of drug-likeness (QED) is 0.493. The number of ketones is 1. The maximum atomic E-state index is 12.7. The van der Waals surface area contributed by atoms with Crippen molar-refractivity contribution in [3.05, 3.63) is 0 Å². The number of hydrogen-bond donors (Lipinski definition) is 0. The minimum atomic E-state index is -0.470. The number of carbonyl (C=O) groups excluding carboxylic acids is 3. The van der Waals surface area contributed by atoms with Crippen LogP contribution in [0.5, 0.6) is 0 Å². The summed E-state index contributed by atoms with van der Waals surface area (Å²) in [5, 5.41) is 0. The third kappa shape index (κ3) is 5.71. The van der Waals surface area contributed by atoms with Crippen molar-refractivity contribution in [3.8, 4) is 0 Å². The number of nitrogens with zero attached hydrogens (tertiary/aromatic N) is 2. The molecule has 0 aromatic rings. The number of piperidine rings is 2. The number of ether oxygens (including phenoxy) is 2. The molecule has 0 bridgehead atoms. The van der Waals surface area contributed by atoms with E-state index in [1.807, 2.05) is 0 Å². The normalized spacial score (nSPS) is 26.6. The third-order valence-corrected chi connectivity index (χ3v) is 6.64. The number of carbonyl (C=O) groups is 3. The summed E-state index contributed by atoms with van der Waals surface area (Å²) < 4.78 is 9.95. The smallest absolute Gasteiger partial charge is 0.409 e. The maximum Gasteiger partial charge on any atom is 0.409 e. The molecule has 2 atom stereocenters. The molecule has 2 heterocycles. The van der Waals surface area contributed by atoms with Crippen molar-refractivity contribution in [1.29, 1.82) is 0 Å². The second-order valence-corrected chi connectivity index (χ2v) is 9.58. The molecule has 2 aliphatic rings. The monoisotopic (exact) mass is 410 g/mol. The van der Waals surface area contributed by atoms with Gasteiger partial charge in [-0.1, -0.05) is 0 Å². The average Bonchev–Trinajstić information content (AvgIpc) is 2.63. The molecule has 0 saturated carbocycles. The summed E-state index contributed by atoms with van der Waals surface area (Å²) in [7, 11) is 1.39. The molecule has 0 radical (unpaired) electrons. The third-order valence-electron chi connectivity index (χ3n) is 6.64. The highest BCUT2D eigenvalue weighted by Gasteiger charge is 2.45. The van der Waals surface area contributed by atoms with Crippen LogP contribution < -0.4 is 0 Å². The zero-order chi connectivity index (χ0) is 21.8. The Hall–Kier alpha value is -1.63. The first kappa shape index (κ1) is 23.6. The van der Waals surface area contributed by atoms with Gasteiger partial charge in [0.2, 0.25) is 0 Å². The van der Waals surface area contributed by atoms with Gasteiger partial charge < -0.3 is 14.4 Å². The number of likely N-dealkylation sites (tertiary alicyclic amines) is 2. The van der Waals surface area contributed by atoms with Crippen LogP contribution in [0.1, 0.15) is 73.1 Å². The zero-order valence-corrected chi connectivity index (χ0v) is 19.0. The number of methoxy groups -OCH3 is 1. The van der Waals surface area contributed by atoms with Gasteiger partial charge >= 0.3 is 12.1 Å². The SMILES string of the molecule is CCOC(=O)CC(=O)[C@@H]1CCN(C(=O)OC)[C@@H](CN2C(C)(C)CCCC2(C)C)C1. The Morgan fingerprint density at radius 2 is 1.69 bits per heavy atom.